The summed E-state index contributed by atoms with van der Waals surface area (Å²) in [6.45, 7) is 3.85. The molecule has 2 amide bonds. The van der Waals surface area contributed by atoms with Crippen molar-refractivity contribution in [2.45, 2.75) is 32.7 Å². The number of aryl methyl sites for hydroxylation is 1. The molecule has 0 bridgehead atoms. The number of likely N-dealkylation sites (N-methyl/N-ethyl adjacent to an activating group) is 1. The van der Waals surface area contributed by atoms with Gasteiger partial charge in [-0.25, -0.2) is 0 Å². The van der Waals surface area contributed by atoms with Crippen LogP contribution in [-0.2, 0) is 16.0 Å². The summed E-state index contributed by atoms with van der Waals surface area (Å²) in [6.07, 6.45) is 0.920. The van der Waals surface area contributed by atoms with E-state index in [-0.39, 0.29) is 24.4 Å². The van der Waals surface area contributed by atoms with Crippen LogP contribution in [0.3, 0.4) is 0 Å². The lowest BCUT2D eigenvalue weighted by atomic mass is 10.1. The molecule has 0 atom stereocenters. The molecule has 0 radical (unpaired) electrons. The lowest BCUT2D eigenvalue weighted by Gasteiger charge is -2.18. The highest BCUT2D eigenvalue weighted by Gasteiger charge is 2.13. The molecule has 0 aliphatic heterocycles. The average molecular weight is 297 g/mol. The van der Waals surface area contributed by atoms with E-state index in [1.54, 1.807) is 13.1 Å². The molecule has 0 spiro atoms. The van der Waals surface area contributed by atoms with Crippen molar-refractivity contribution < 1.29 is 9.59 Å². The third-order valence-electron chi connectivity index (χ3n) is 2.82. The first-order valence-electron chi connectivity index (χ1n) is 6.67. The molecule has 110 valence electrons. The van der Waals surface area contributed by atoms with E-state index in [4.69, 9.17) is 11.6 Å². The molecule has 0 fully saturated rings. The molecular weight excluding hydrogens is 276 g/mol. The van der Waals surface area contributed by atoms with Crippen LogP contribution in [0.2, 0.25) is 5.02 Å². The van der Waals surface area contributed by atoms with Crippen LogP contribution in [0.4, 0.5) is 0 Å². The van der Waals surface area contributed by atoms with E-state index in [2.05, 4.69) is 5.32 Å². The first-order valence-corrected chi connectivity index (χ1v) is 7.04. The summed E-state index contributed by atoms with van der Waals surface area (Å²) in [5.74, 6) is -0.211. The molecule has 5 heteroatoms. The van der Waals surface area contributed by atoms with Gasteiger partial charge in [-0.15, -0.1) is 0 Å². The zero-order valence-corrected chi connectivity index (χ0v) is 12.9. The normalized spacial score (nSPS) is 10.4. The van der Waals surface area contributed by atoms with Gasteiger partial charge in [-0.2, -0.15) is 0 Å². The number of halogens is 1. The molecule has 0 saturated heterocycles. The number of benzene rings is 1. The number of nitrogens with zero attached hydrogens (tertiary/aromatic N) is 1. The Balaban J connectivity index is 2.42. The van der Waals surface area contributed by atoms with Gasteiger partial charge < -0.3 is 10.2 Å². The minimum atomic E-state index is -0.145. The molecule has 0 heterocycles. The highest BCUT2D eigenvalue weighted by molar-refractivity contribution is 6.31. The molecule has 0 aliphatic rings. The second kappa shape index (κ2) is 7.90. The topological polar surface area (TPSA) is 49.4 Å². The van der Waals surface area contributed by atoms with E-state index >= 15 is 0 Å². The van der Waals surface area contributed by atoms with Gasteiger partial charge in [0.15, 0.2) is 0 Å². The van der Waals surface area contributed by atoms with Crippen molar-refractivity contribution in [2.75, 3.05) is 13.6 Å². The van der Waals surface area contributed by atoms with E-state index in [0.29, 0.717) is 17.9 Å². The van der Waals surface area contributed by atoms with Crippen LogP contribution < -0.4 is 5.32 Å². The Hall–Kier alpha value is -1.55. The molecule has 0 unspecified atom stereocenters. The predicted molar refractivity (Wildman–Crippen MR) is 80.7 cm³/mol. The zero-order chi connectivity index (χ0) is 15.1. The Morgan fingerprint density at radius 3 is 2.55 bits per heavy atom. The van der Waals surface area contributed by atoms with Gasteiger partial charge in [0.2, 0.25) is 11.8 Å². The summed E-state index contributed by atoms with van der Waals surface area (Å²) in [7, 11) is 1.63. The number of carbonyl (C=O) groups excluding carboxylic acids is 2. The molecule has 1 aromatic carbocycles. The van der Waals surface area contributed by atoms with Crippen molar-refractivity contribution in [3.8, 4) is 0 Å². The van der Waals surface area contributed by atoms with Crippen molar-refractivity contribution in [1.29, 1.82) is 0 Å². The summed E-state index contributed by atoms with van der Waals surface area (Å²) in [4.78, 5) is 25.0. The summed E-state index contributed by atoms with van der Waals surface area (Å²) in [5.41, 5.74) is 0.947. The number of amides is 2. The molecule has 1 rings (SSSR count). The van der Waals surface area contributed by atoms with Crippen LogP contribution in [-0.4, -0.2) is 36.3 Å². The molecule has 20 heavy (non-hydrogen) atoms. The number of hydrogen-bond acceptors (Lipinski definition) is 2. The summed E-state index contributed by atoms with van der Waals surface area (Å²) in [6, 6.07) is 7.54. The van der Waals surface area contributed by atoms with Crippen LogP contribution in [0.5, 0.6) is 0 Å². The van der Waals surface area contributed by atoms with Crippen molar-refractivity contribution >= 4 is 23.4 Å². The van der Waals surface area contributed by atoms with Gasteiger partial charge in [-0.05, 0) is 31.9 Å². The Kier molecular flexibility index (Phi) is 6.52. The first kappa shape index (κ1) is 16.5. The van der Waals surface area contributed by atoms with Crippen LogP contribution in [0, 0.1) is 0 Å². The summed E-state index contributed by atoms with van der Waals surface area (Å²) in [5, 5.41) is 3.42. The highest BCUT2D eigenvalue weighted by Crippen LogP contribution is 2.16. The fraction of sp³-hybridized carbons (Fsp3) is 0.467. The third-order valence-corrected chi connectivity index (χ3v) is 3.19. The summed E-state index contributed by atoms with van der Waals surface area (Å²) < 4.78 is 0. The standard InChI is InChI=1S/C15H21ClN2O2/c1-11(2)17-14(19)10-18(3)15(20)9-8-12-6-4-5-7-13(12)16/h4-7,11H,8-10H2,1-3H3,(H,17,19). The third kappa shape index (κ3) is 5.61. The van der Waals surface area contributed by atoms with Crippen molar-refractivity contribution in [3.05, 3.63) is 34.9 Å². The second-order valence-electron chi connectivity index (χ2n) is 5.06. The fourth-order valence-electron chi connectivity index (χ4n) is 1.80. The lowest BCUT2D eigenvalue weighted by Crippen LogP contribution is -2.40. The van der Waals surface area contributed by atoms with Crippen molar-refractivity contribution in [1.82, 2.24) is 10.2 Å². The van der Waals surface area contributed by atoms with Crippen LogP contribution in [0.25, 0.3) is 0 Å². The van der Waals surface area contributed by atoms with Crippen molar-refractivity contribution in [3.63, 3.8) is 0 Å². The average Bonchev–Trinajstić information content (AvgIpc) is 2.36. The molecular formula is C15H21ClN2O2. The number of rotatable bonds is 6. The van der Waals surface area contributed by atoms with E-state index in [1.165, 1.54) is 4.90 Å². The largest absolute Gasteiger partial charge is 0.352 e. The quantitative estimate of drug-likeness (QED) is 0.875. The minimum absolute atomic E-state index is 0.0659. The fourth-order valence-corrected chi connectivity index (χ4v) is 2.04. The van der Waals surface area contributed by atoms with Gasteiger partial charge in [0.05, 0.1) is 6.54 Å². The molecule has 0 saturated carbocycles. The minimum Gasteiger partial charge on any atom is -0.352 e. The van der Waals surface area contributed by atoms with Gasteiger partial charge in [0.1, 0.15) is 0 Å². The van der Waals surface area contributed by atoms with Gasteiger partial charge in [-0.1, -0.05) is 29.8 Å². The van der Waals surface area contributed by atoms with Crippen molar-refractivity contribution in [2.24, 2.45) is 0 Å². The van der Waals surface area contributed by atoms with Crippen LogP contribution in [0.1, 0.15) is 25.8 Å². The van der Waals surface area contributed by atoms with E-state index in [9.17, 15) is 9.59 Å². The second-order valence-corrected chi connectivity index (χ2v) is 5.47. The van der Waals surface area contributed by atoms with Gasteiger partial charge >= 0.3 is 0 Å². The summed E-state index contributed by atoms with van der Waals surface area (Å²) >= 11 is 6.04. The Morgan fingerprint density at radius 2 is 1.95 bits per heavy atom. The molecule has 4 nitrogen and oxygen atoms in total. The van der Waals surface area contributed by atoms with Crippen LogP contribution >= 0.6 is 11.6 Å². The number of hydrogen-bond donors (Lipinski definition) is 1. The molecule has 1 aromatic rings. The molecule has 1 N–H and O–H groups in total. The van der Waals surface area contributed by atoms with Gasteiger partial charge in [0.25, 0.3) is 0 Å². The monoisotopic (exact) mass is 296 g/mol. The first-order chi connectivity index (χ1) is 9.40. The lowest BCUT2D eigenvalue weighted by molar-refractivity contribution is -0.134. The Labute approximate surface area is 125 Å². The van der Waals surface area contributed by atoms with E-state index in [1.807, 2.05) is 32.0 Å². The maximum atomic E-state index is 12.0. The maximum absolute atomic E-state index is 12.0. The highest BCUT2D eigenvalue weighted by atomic mass is 35.5. The zero-order valence-electron chi connectivity index (χ0n) is 12.1. The van der Waals surface area contributed by atoms with Gasteiger partial charge in [0, 0.05) is 24.5 Å². The number of nitrogens with one attached hydrogen (secondary N) is 1. The molecule has 0 aromatic heterocycles. The predicted octanol–water partition coefficient (Wildman–Crippen LogP) is 2.26. The van der Waals surface area contributed by atoms with Crippen LogP contribution in [0.15, 0.2) is 24.3 Å². The van der Waals surface area contributed by atoms with Gasteiger partial charge in [-0.3, -0.25) is 9.59 Å². The number of carbonyl (C=O) groups is 2. The van der Waals surface area contributed by atoms with E-state index < -0.39 is 0 Å². The Bertz CT molecular complexity index is 475. The Morgan fingerprint density at radius 1 is 1.30 bits per heavy atom. The van der Waals surface area contributed by atoms with E-state index in [0.717, 1.165) is 5.56 Å². The SMILES string of the molecule is CC(C)NC(=O)CN(C)C(=O)CCc1ccccc1Cl. The smallest absolute Gasteiger partial charge is 0.239 e. The maximum Gasteiger partial charge on any atom is 0.239 e. The molecule has 0 aliphatic carbocycles.